The summed E-state index contributed by atoms with van der Waals surface area (Å²) < 4.78 is 38.7. The predicted octanol–water partition coefficient (Wildman–Crippen LogP) is 4.13. The van der Waals surface area contributed by atoms with Crippen molar-refractivity contribution in [2.24, 2.45) is 0 Å². The van der Waals surface area contributed by atoms with Crippen molar-refractivity contribution >= 4 is 15.9 Å². The maximum atomic E-state index is 13.7. The molecular weight excluding hydrogens is 368 g/mol. The van der Waals surface area contributed by atoms with Crippen LogP contribution in [0.15, 0.2) is 34.8 Å². The summed E-state index contributed by atoms with van der Waals surface area (Å²) in [4.78, 5) is 1.95. The van der Waals surface area contributed by atoms with Gasteiger partial charge in [0.2, 0.25) is 0 Å². The first-order valence-corrected chi connectivity index (χ1v) is 8.03. The number of nitrogens with zero attached hydrogens (tertiary/aromatic N) is 1. The van der Waals surface area contributed by atoms with Crippen LogP contribution < -0.4 is 9.47 Å². The van der Waals surface area contributed by atoms with E-state index in [1.807, 2.05) is 24.1 Å². The summed E-state index contributed by atoms with van der Waals surface area (Å²) in [6, 6.07) is 7.46. The quantitative estimate of drug-likeness (QED) is 0.792. The predicted molar refractivity (Wildman–Crippen MR) is 86.7 cm³/mol. The molecule has 0 atom stereocenters. The topological polar surface area (TPSA) is 21.7 Å². The van der Waals surface area contributed by atoms with Crippen LogP contribution >= 0.6 is 15.9 Å². The largest absolute Gasteiger partial charge is 0.486 e. The van der Waals surface area contributed by atoms with Crippen LogP contribution in [0.1, 0.15) is 11.1 Å². The lowest BCUT2D eigenvalue weighted by molar-refractivity contribution is 0.171. The minimum Gasteiger partial charge on any atom is -0.486 e. The van der Waals surface area contributed by atoms with E-state index in [0.717, 1.165) is 27.6 Å². The summed E-state index contributed by atoms with van der Waals surface area (Å²) in [5.74, 6) is 0.344. The Morgan fingerprint density at radius 3 is 2.35 bits per heavy atom. The molecule has 0 saturated carbocycles. The van der Waals surface area contributed by atoms with Crippen LogP contribution in [0.2, 0.25) is 0 Å². The van der Waals surface area contributed by atoms with Crippen molar-refractivity contribution in [3.05, 3.63) is 57.6 Å². The Labute approximate surface area is 141 Å². The van der Waals surface area contributed by atoms with E-state index < -0.39 is 11.6 Å². The van der Waals surface area contributed by atoms with Gasteiger partial charge in [-0.1, -0.05) is 22.0 Å². The zero-order valence-corrected chi connectivity index (χ0v) is 14.2. The Morgan fingerprint density at radius 1 is 1.00 bits per heavy atom. The Morgan fingerprint density at radius 2 is 1.65 bits per heavy atom. The zero-order valence-electron chi connectivity index (χ0n) is 12.6. The monoisotopic (exact) mass is 383 g/mol. The molecule has 0 aliphatic carbocycles. The van der Waals surface area contributed by atoms with Crippen LogP contribution in [0.4, 0.5) is 8.78 Å². The van der Waals surface area contributed by atoms with E-state index >= 15 is 0 Å². The maximum absolute atomic E-state index is 13.7. The molecule has 0 unspecified atom stereocenters. The fourth-order valence-electron chi connectivity index (χ4n) is 2.51. The van der Waals surface area contributed by atoms with Crippen LogP contribution in [-0.4, -0.2) is 25.2 Å². The van der Waals surface area contributed by atoms with E-state index in [0.29, 0.717) is 31.9 Å². The average Bonchev–Trinajstić information content (AvgIpc) is 2.51. The molecule has 0 amide bonds. The van der Waals surface area contributed by atoms with Crippen molar-refractivity contribution in [3.63, 3.8) is 0 Å². The van der Waals surface area contributed by atoms with Gasteiger partial charge < -0.3 is 9.47 Å². The van der Waals surface area contributed by atoms with Crippen molar-refractivity contribution in [2.75, 3.05) is 20.3 Å². The van der Waals surface area contributed by atoms with E-state index in [1.165, 1.54) is 12.1 Å². The molecule has 0 radical (unpaired) electrons. The summed E-state index contributed by atoms with van der Waals surface area (Å²) >= 11 is 3.53. The summed E-state index contributed by atoms with van der Waals surface area (Å²) in [5.41, 5.74) is 1.47. The maximum Gasteiger partial charge on any atom is 0.162 e. The third-order valence-electron chi connectivity index (χ3n) is 3.61. The summed E-state index contributed by atoms with van der Waals surface area (Å²) in [7, 11) is 1.88. The fourth-order valence-corrected chi connectivity index (χ4v) is 2.96. The molecule has 1 aliphatic heterocycles. The highest BCUT2D eigenvalue weighted by molar-refractivity contribution is 9.10. The summed E-state index contributed by atoms with van der Waals surface area (Å²) in [5, 5.41) is 0. The van der Waals surface area contributed by atoms with Gasteiger partial charge in [0, 0.05) is 29.2 Å². The third-order valence-corrected chi connectivity index (χ3v) is 4.35. The Balaban J connectivity index is 1.73. The standard InChI is InChI=1S/C17H16BrF2NO2/c1-21(9-11-2-3-13(19)7-15(11)20)10-12-6-16-17(8-14(12)18)23-5-4-22-16/h2-3,6-8H,4-5,9-10H2,1H3. The molecule has 3 nitrogen and oxygen atoms in total. The molecule has 3 rings (SSSR count). The van der Waals surface area contributed by atoms with E-state index in [1.54, 1.807) is 0 Å². The lowest BCUT2D eigenvalue weighted by Crippen LogP contribution is -2.19. The van der Waals surface area contributed by atoms with Gasteiger partial charge in [0.25, 0.3) is 0 Å². The molecule has 2 aromatic rings. The Hall–Kier alpha value is -1.66. The molecule has 1 aliphatic rings. The lowest BCUT2D eigenvalue weighted by Gasteiger charge is -2.22. The van der Waals surface area contributed by atoms with Crippen LogP contribution in [0.25, 0.3) is 0 Å². The highest BCUT2D eigenvalue weighted by Gasteiger charge is 2.16. The van der Waals surface area contributed by atoms with Crippen LogP contribution in [0.5, 0.6) is 11.5 Å². The van der Waals surface area contributed by atoms with E-state index in [9.17, 15) is 8.78 Å². The Kier molecular flexibility index (Phi) is 4.82. The third kappa shape index (κ3) is 3.82. The molecule has 2 aromatic carbocycles. The van der Waals surface area contributed by atoms with Gasteiger partial charge in [-0.3, -0.25) is 4.90 Å². The van der Waals surface area contributed by atoms with E-state index in [2.05, 4.69) is 15.9 Å². The fraction of sp³-hybridized carbons (Fsp3) is 0.294. The smallest absolute Gasteiger partial charge is 0.162 e. The van der Waals surface area contributed by atoms with Crippen molar-refractivity contribution in [1.82, 2.24) is 4.90 Å². The highest BCUT2D eigenvalue weighted by Crippen LogP contribution is 2.36. The minimum absolute atomic E-state index is 0.382. The summed E-state index contributed by atoms with van der Waals surface area (Å²) in [6.07, 6.45) is 0. The SMILES string of the molecule is CN(Cc1ccc(F)cc1F)Cc1cc2c(cc1Br)OCCO2. The van der Waals surface area contributed by atoms with Crippen molar-refractivity contribution in [1.29, 1.82) is 0 Å². The van der Waals surface area contributed by atoms with Crippen molar-refractivity contribution in [3.8, 4) is 11.5 Å². The van der Waals surface area contributed by atoms with Gasteiger partial charge in [-0.05, 0) is 30.8 Å². The van der Waals surface area contributed by atoms with E-state index in [-0.39, 0.29) is 0 Å². The molecular formula is C17H16BrF2NO2. The van der Waals surface area contributed by atoms with Gasteiger partial charge >= 0.3 is 0 Å². The van der Waals surface area contributed by atoms with Gasteiger partial charge in [-0.15, -0.1) is 0 Å². The second-order valence-electron chi connectivity index (χ2n) is 5.50. The van der Waals surface area contributed by atoms with Gasteiger partial charge in [-0.25, -0.2) is 8.78 Å². The first kappa shape index (κ1) is 16.2. The van der Waals surface area contributed by atoms with Crippen molar-refractivity contribution < 1.29 is 18.3 Å². The molecule has 0 bridgehead atoms. The highest BCUT2D eigenvalue weighted by atomic mass is 79.9. The molecule has 0 fully saturated rings. The second kappa shape index (κ2) is 6.84. The molecule has 0 spiro atoms. The molecule has 0 aromatic heterocycles. The van der Waals surface area contributed by atoms with Gasteiger partial charge in [0.1, 0.15) is 24.8 Å². The lowest BCUT2D eigenvalue weighted by atomic mass is 10.1. The van der Waals surface area contributed by atoms with Crippen LogP contribution in [0, 0.1) is 11.6 Å². The number of hydrogen-bond acceptors (Lipinski definition) is 3. The van der Waals surface area contributed by atoms with E-state index in [4.69, 9.17) is 9.47 Å². The van der Waals surface area contributed by atoms with Crippen LogP contribution in [0.3, 0.4) is 0 Å². The van der Waals surface area contributed by atoms with Gasteiger partial charge in [-0.2, -0.15) is 0 Å². The number of fused-ring (bicyclic) bond motifs is 1. The number of halogens is 3. The molecule has 1 heterocycles. The first-order valence-electron chi connectivity index (χ1n) is 7.23. The van der Waals surface area contributed by atoms with Crippen LogP contribution in [-0.2, 0) is 13.1 Å². The molecule has 122 valence electrons. The first-order chi connectivity index (χ1) is 11.0. The zero-order chi connectivity index (χ0) is 16.4. The average molecular weight is 384 g/mol. The molecule has 23 heavy (non-hydrogen) atoms. The molecule has 0 N–H and O–H groups in total. The van der Waals surface area contributed by atoms with Gasteiger partial charge in [0.15, 0.2) is 11.5 Å². The minimum atomic E-state index is -0.566. The Bertz CT molecular complexity index is 724. The normalized spacial score (nSPS) is 13.4. The number of hydrogen-bond donors (Lipinski definition) is 0. The number of rotatable bonds is 4. The second-order valence-corrected chi connectivity index (χ2v) is 6.35. The number of ether oxygens (including phenoxy) is 2. The molecule has 0 saturated heterocycles. The van der Waals surface area contributed by atoms with Crippen molar-refractivity contribution in [2.45, 2.75) is 13.1 Å². The molecule has 6 heteroatoms. The summed E-state index contributed by atoms with van der Waals surface area (Å²) in [6.45, 7) is 2.05. The number of benzene rings is 2. The van der Waals surface area contributed by atoms with Gasteiger partial charge in [0.05, 0.1) is 0 Å².